The summed E-state index contributed by atoms with van der Waals surface area (Å²) in [5.74, 6) is -0.247. The Bertz CT molecular complexity index is 1570. The molecule has 4 aromatic carbocycles. The number of nitrogens with zero attached hydrogens (tertiary/aromatic N) is 1. The zero-order valence-electron chi connectivity index (χ0n) is 23.1. The lowest BCUT2D eigenvalue weighted by Gasteiger charge is -2.27. The number of halogens is 1. The predicted octanol–water partition coefficient (Wildman–Crippen LogP) is 5.11. The summed E-state index contributed by atoms with van der Waals surface area (Å²) in [5, 5.41) is 7.09. The number of esters is 1. The van der Waals surface area contributed by atoms with E-state index in [1.54, 1.807) is 19.1 Å². The quantitative estimate of drug-likeness (QED) is 0.190. The molecule has 0 unspecified atom stereocenters. The van der Waals surface area contributed by atoms with E-state index >= 15 is 0 Å². The van der Waals surface area contributed by atoms with Crippen LogP contribution in [0.25, 0.3) is 0 Å². The van der Waals surface area contributed by atoms with Crippen molar-refractivity contribution in [2.75, 3.05) is 18.1 Å². The van der Waals surface area contributed by atoms with E-state index < -0.39 is 23.3 Å². The molecule has 0 saturated carbocycles. The third kappa shape index (κ3) is 6.67. The number of rotatable bonds is 10. The van der Waals surface area contributed by atoms with Gasteiger partial charge in [0.1, 0.15) is 34.7 Å². The van der Waals surface area contributed by atoms with Gasteiger partial charge < -0.3 is 10.1 Å². The van der Waals surface area contributed by atoms with Crippen molar-refractivity contribution in [1.82, 2.24) is 4.72 Å². The standard InChI is InChI=1S/C32H32ClN3O4PS/c1-24(34-32-35-29-20-19-25(33)22-30(29)42(38,39)36-32)23-40-31(37)18-11-21-41(26-12-5-2-6-13-26,27-14-7-3-8-15-27)28-16-9-4-10-17-28/h2-10,12-17,19-20,22,24H,11,18,21,23H2,1H3,(H2,34,35,36)/q+1/t24-/m1/s1. The van der Waals surface area contributed by atoms with Crippen molar-refractivity contribution in [2.45, 2.75) is 30.7 Å². The second-order valence-electron chi connectivity index (χ2n) is 10.0. The fourth-order valence-corrected chi connectivity index (χ4v) is 10.8. The Morgan fingerprint density at radius 1 is 0.881 bits per heavy atom. The van der Waals surface area contributed by atoms with Crippen molar-refractivity contribution in [3.63, 3.8) is 0 Å². The van der Waals surface area contributed by atoms with Gasteiger partial charge in [0.05, 0.1) is 17.9 Å². The lowest BCUT2D eigenvalue weighted by atomic mass is 10.3. The van der Waals surface area contributed by atoms with Gasteiger partial charge in [0.2, 0.25) is 5.96 Å². The summed E-state index contributed by atoms with van der Waals surface area (Å²) in [7, 11) is -5.84. The number of fused-ring (bicyclic) bond motifs is 1. The van der Waals surface area contributed by atoms with Gasteiger partial charge in [-0.2, -0.15) is 0 Å². The molecule has 0 aromatic heterocycles. The summed E-state index contributed by atoms with van der Waals surface area (Å²) in [6, 6.07) is 35.7. The number of anilines is 1. The van der Waals surface area contributed by atoms with Crippen molar-refractivity contribution in [3.05, 3.63) is 114 Å². The molecule has 1 heterocycles. The Hall–Kier alpha value is -3.71. The molecule has 1 aliphatic rings. The van der Waals surface area contributed by atoms with Crippen molar-refractivity contribution in [1.29, 1.82) is 0 Å². The van der Waals surface area contributed by atoms with Crippen molar-refractivity contribution < 1.29 is 17.9 Å². The first-order chi connectivity index (χ1) is 20.3. The third-order valence-electron chi connectivity index (χ3n) is 7.02. The molecule has 2 N–H and O–H groups in total. The number of ether oxygens (including phenoxy) is 1. The number of carbonyl (C=O) groups excluding carboxylic acids is 1. The summed E-state index contributed by atoms with van der Waals surface area (Å²) in [6.07, 6.45) is 1.72. The summed E-state index contributed by atoms with van der Waals surface area (Å²) < 4.78 is 33.2. The Morgan fingerprint density at radius 2 is 1.43 bits per heavy atom. The monoisotopic (exact) mass is 620 g/mol. The smallest absolute Gasteiger partial charge is 0.306 e. The molecule has 7 nitrogen and oxygen atoms in total. The number of nitrogens with one attached hydrogen (secondary N) is 2. The molecule has 0 amide bonds. The number of guanidine groups is 1. The number of sulfonamides is 1. The average Bonchev–Trinajstić information content (AvgIpc) is 3.00. The molecule has 216 valence electrons. The minimum Gasteiger partial charge on any atom is -0.463 e. The van der Waals surface area contributed by atoms with Crippen LogP contribution >= 0.6 is 18.9 Å². The zero-order chi connectivity index (χ0) is 29.6. The molecule has 0 fully saturated rings. The lowest BCUT2D eigenvalue weighted by molar-refractivity contribution is -0.144. The van der Waals surface area contributed by atoms with Gasteiger partial charge in [-0.15, -0.1) is 0 Å². The molecule has 0 aliphatic carbocycles. The van der Waals surface area contributed by atoms with Crippen molar-refractivity contribution in [3.8, 4) is 0 Å². The number of benzene rings is 4. The molecule has 1 atom stereocenters. The molecular weight excluding hydrogens is 589 g/mol. The van der Waals surface area contributed by atoms with E-state index in [1.807, 2.05) is 18.2 Å². The van der Waals surface area contributed by atoms with Crippen LogP contribution in [0.3, 0.4) is 0 Å². The largest absolute Gasteiger partial charge is 0.463 e. The van der Waals surface area contributed by atoms with Gasteiger partial charge in [0.25, 0.3) is 10.0 Å². The number of aliphatic imine (C=N–C) groups is 1. The van der Waals surface area contributed by atoms with Gasteiger partial charge in [-0.05, 0) is 67.9 Å². The number of hydrogen-bond acceptors (Lipinski definition) is 5. The maximum atomic E-state index is 12.8. The molecule has 0 radical (unpaired) electrons. The normalized spacial score (nSPS) is 15.6. The van der Waals surface area contributed by atoms with E-state index in [0.29, 0.717) is 17.1 Å². The molecular formula is C32H32ClN3O4PS+. The van der Waals surface area contributed by atoms with E-state index in [9.17, 15) is 13.2 Å². The topological polar surface area (TPSA) is 96.9 Å². The highest BCUT2D eigenvalue weighted by molar-refractivity contribution is 7.95. The maximum absolute atomic E-state index is 12.8. The highest BCUT2D eigenvalue weighted by atomic mass is 35.5. The van der Waals surface area contributed by atoms with Gasteiger partial charge >= 0.3 is 5.97 Å². The molecule has 4 aromatic rings. The van der Waals surface area contributed by atoms with Crippen LogP contribution in [0.5, 0.6) is 0 Å². The molecule has 0 saturated heterocycles. The molecule has 10 heteroatoms. The predicted molar refractivity (Wildman–Crippen MR) is 173 cm³/mol. The average molecular weight is 621 g/mol. The van der Waals surface area contributed by atoms with Crippen molar-refractivity contribution >= 4 is 62.4 Å². The molecule has 5 rings (SSSR count). The first-order valence-corrected chi connectivity index (χ1v) is 17.5. The van der Waals surface area contributed by atoms with Crippen LogP contribution in [-0.4, -0.2) is 39.2 Å². The summed E-state index contributed by atoms with van der Waals surface area (Å²) in [6.45, 7) is 1.78. The van der Waals surface area contributed by atoms with Gasteiger partial charge in [-0.3, -0.25) is 4.79 Å². The van der Waals surface area contributed by atoms with Crippen LogP contribution in [0, 0.1) is 0 Å². The van der Waals surface area contributed by atoms with E-state index in [2.05, 4.69) is 87.8 Å². The van der Waals surface area contributed by atoms with Crippen LogP contribution < -0.4 is 26.0 Å². The minimum absolute atomic E-state index is 0.0234. The first kappa shape index (κ1) is 29.8. The van der Waals surface area contributed by atoms with Crippen LogP contribution in [0.4, 0.5) is 5.69 Å². The number of hydrogen-bond donors (Lipinski definition) is 2. The second-order valence-corrected chi connectivity index (χ2v) is 15.7. The Balaban J connectivity index is 1.25. The van der Waals surface area contributed by atoms with Crippen LogP contribution in [0.1, 0.15) is 19.8 Å². The zero-order valence-corrected chi connectivity index (χ0v) is 25.6. The summed E-state index contributed by atoms with van der Waals surface area (Å²) in [5.41, 5.74) is 0.378. The summed E-state index contributed by atoms with van der Waals surface area (Å²) in [4.78, 5) is 17.3. The van der Waals surface area contributed by atoms with Gasteiger partial charge in [-0.25, -0.2) is 18.1 Å². The van der Waals surface area contributed by atoms with Crippen LogP contribution in [0.2, 0.25) is 5.02 Å². The van der Waals surface area contributed by atoms with Crippen molar-refractivity contribution in [2.24, 2.45) is 4.99 Å². The fraction of sp³-hybridized carbons (Fsp3) is 0.188. The van der Waals surface area contributed by atoms with Gasteiger partial charge in [0, 0.05) is 11.4 Å². The Morgan fingerprint density at radius 3 is 1.98 bits per heavy atom. The van der Waals surface area contributed by atoms with Crippen LogP contribution in [0.15, 0.2) is 119 Å². The third-order valence-corrected chi connectivity index (χ3v) is 13.2. The molecule has 1 aliphatic heterocycles. The fourth-order valence-electron chi connectivity index (χ4n) is 5.10. The minimum atomic E-state index is -3.82. The highest BCUT2D eigenvalue weighted by Crippen LogP contribution is 2.55. The molecule has 42 heavy (non-hydrogen) atoms. The van der Waals surface area contributed by atoms with Gasteiger partial charge in [-0.1, -0.05) is 66.2 Å². The Kier molecular flexibility index (Phi) is 9.27. The van der Waals surface area contributed by atoms with E-state index in [1.165, 1.54) is 22.0 Å². The first-order valence-electron chi connectivity index (χ1n) is 13.7. The number of carbonyl (C=O) groups is 1. The molecule has 0 bridgehead atoms. The SMILES string of the molecule is C[C@H](COC(=O)CCC[P+](c1ccccc1)(c1ccccc1)c1ccccc1)N=C1Nc2ccc(Cl)cc2S(=O)(=O)N1. The van der Waals surface area contributed by atoms with E-state index in [0.717, 1.165) is 6.16 Å². The van der Waals surface area contributed by atoms with Gasteiger partial charge in [0.15, 0.2) is 0 Å². The highest BCUT2D eigenvalue weighted by Gasteiger charge is 2.44. The maximum Gasteiger partial charge on any atom is 0.306 e. The Labute approximate surface area is 252 Å². The lowest BCUT2D eigenvalue weighted by Crippen LogP contribution is -2.41. The van der Waals surface area contributed by atoms with E-state index in [4.69, 9.17) is 16.3 Å². The van der Waals surface area contributed by atoms with E-state index in [-0.39, 0.29) is 29.9 Å². The second kappa shape index (κ2) is 13.1. The molecule has 0 spiro atoms. The summed E-state index contributed by atoms with van der Waals surface area (Å²) >= 11 is 5.95. The van der Waals surface area contributed by atoms with Crippen LogP contribution in [-0.2, 0) is 19.6 Å².